The van der Waals surface area contributed by atoms with E-state index in [2.05, 4.69) is 16.4 Å². The van der Waals surface area contributed by atoms with Gasteiger partial charge in [0.1, 0.15) is 6.07 Å². The molecule has 5 nitrogen and oxygen atoms in total. The van der Waals surface area contributed by atoms with Crippen LogP contribution in [0.25, 0.3) is 10.9 Å². The molecule has 0 radical (unpaired) electrons. The summed E-state index contributed by atoms with van der Waals surface area (Å²) in [5, 5.41) is 13.2. The van der Waals surface area contributed by atoms with Gasteiger partial charge in [0.2, 0.25) is 0 Å². The maximum Gasteiger partial charge on any atom is 0.162 e. The minimum atomic E-state index is 0.515. The molecule has 0 aliphatic rings. The lowest BCUT2D eigenvalue weighted by Gasteiger charge is -2.13. The largest absolute Gasteiger partial charge is 0.493 e. The molecular weight excluding hydrogens is 242 g/mol. The highest BCUT2D eigenvalue weighted by atomic mass is 16.5. The second-order valence-corrected chi connectivity index (χ2v) is 3.91. The Kier molecular flexibility index (Phi) is 3.71. The molecule has 5 heteroatoms. The predicted octanol–water partition coefficient (Wildman–Crippen LogP) is 2.56. The Labute approximate surface area is 111 Å². The van der Waals surface area contributed by atoms with Gasteiger partial charge in [-0.2, -0.15) is 5.26 Å². The van der Waals surface area contributed by atoms with E-state index in [0.29, 0.717) is 17.1 Å². The minimum Gasteiger partial charge on any atom is -0.493 e. The van der Waals surface area contributed by atoms with Gasteiger partial charge >= 0.3 is 0 Å². The Bertz CT molecular complexity index is 647. The van der Waals surface area contributed by atoms with Crippen molar-refractivity contribution in [2.24, 2.45) is 0 Å². The third kappa shape index (κ3) is 2.25. The van der Waals surface area contributed by atoms with Gasteiger partial charge in [-0.15, -0.1) is 0 Å². The standard InChI is InChI=1S/C14H15N3O2/c1-4-16-14-9(7-15)8-17-11-6-13(19-3)12(18-2)5-10(11)14/h5-6,8H,4H2,1-3H3,(H,16,17). The number of hydrogen-bond donors (Lipinski definition) is 1. The summed E-state index contributed by atoms with van der Waals surface area (Å²) in [5.74, 6) is 1.24. The van der Waals surface area contributed by atoms with Crippen LogP contribution in [0.5, 0.6) is 11.5 Å². The predicted molar refractivity (Wildman–Crippen MR) is 73.7 cm³/mol. The second kappa shape index (κ2) is 5.44. The number of rotatable bonds is 4. The lowest BCUT2D eigenvalue weighted by molar-refractivity contribution is 0.356. The summed E-state index contributed by atoms with van der Waals surface area (Å²) in [5.41, 5.74) is 2.05. The summed E-state index contributed by atoms with van der Waals surface area (Å²) in [6.45, 7) is 2.70. The highest BCUT2D eigenvalue weighted by Crippen LogP contribution is 2.35. The van der Waals surface area contributed by atoms with E-state index in [-0.39, 0.29) is 0 Å². The summed E-state index contributed by atoms with van der Waals surface area (Å²) in [4.78, 5) is 4.28. The molecule has 0 bridgehead atoms. The molecule has 0 unspecified atom stereocenters. The monoisotopic (exact) mass is 257 g/mol. The van der Waals surface area contributed by atoms with Gasteiger partial charge in [0.05, 0.1) is 31.0 Å². The molecule has 2 aromatic rings. The van der Waals surface area contributed by atoms with Crippen LogP contribution in [0.4, 0.5) is 5.69 Å². The minimum absolute atomic E-state index is 0.515. The lowest BCUT2D eigenvalue weighted by Crippen LogP contribution is -2.02. The van der Waals surface area contributed by atoms with Gasteiger partial charge in [-0.05, 0) is 13.0 Å². The molecule has 98 valence electrons. The van der Waals surface area contributed by atoms with E-state index >= 15 is 0 Å². The summed E-state index contributed by atoms with van der Waals surface area (Å²) >= 11 is 0. The number of ether oxygens (including phenoxy) is 2. The Hall–Kier alpha value is -2.48. The Morgan fingerprint density at radius 1 is 1.26 bits per heavy atom. The molecule has 1 aromatic carbocycles. The van der Waals surface area contributed by atoms with Crippen LogP contribution in [0.3, 0.4) is 0 Å². The van der Waals surface area contributed by atoms with Gasteiger partial charge in [0, 0.05) is 24.2 Å². The highest BCUT2D eigenvalue weighted by Gasteiger charge is 2.12. The van der Waals surface area contributed by atoms with Crippen LogP contribution in [0.1, 0.15) is 12.5 Å². The van der Waals surface area contributed by atoms with Crippen molar-refractivity contribution in [3.05, 3.63) is 23.9 Å². The molecule has 0 saturated carbocycles. The number of methoxy groups -OCH3 is 2. The van der Waals surface area contributed by atoms with Gasteiger partial charge in [0.15, 0.2) is 11.5 Å². The smallest absolute Gasteiger partial charge is 0.162 e. The maximum atomic E-state index is 9.15. The summed E-state index contributed by atoms with van der Waals surface area (Å²) in [7, 11) is 3.16. The van der Waals surface area contributed by atoms with Crippen LogP contribution >= 0.6 is 0 Å². The maximum absolute atomic E-state index is 9.15. The zero-order chi connectivity index (χ0) is 13.8. The molecule has 19 heavy (non-hydrogen) atoms. The molecule has 2 rings (SSSR count). The van der Waals surface area contributed by atoms with Crippen molar-refractivity contribution in [2.45, 2.75) is 6.92 Å². The van der Waals surface area contributed by atoms with Crippen LogP contribution in [-0.4, -0.2) is 25.7 Å². The van der Waals surface area contributed by atoms with Gasteiger partial charge in [-0.25, -0.2) is 0 Å². The fourth-order valence-electron chi connectivity index (χ4n) is 1.97. The number of nitrogens with one attached hydrogen (secondary N) is 1. The third-order valence-electron chi connectivity index (χ3n) is 2.85. The van der Waals surface area contributed by atoms with Crippen LogP contribution in [0, 0.1) is 11.3 Å². The number of benzene rings is 1. The molecule has 0 spiro atoms. The van der Waals surface area contributed by atoms with Crippen LogP contribution in [-0.2, 0) is 0 Å². The van der Waals surface area contributed by atoms with E-state index < -0.39 is 0 Å². The van der Waals surface area contributed by atoms with Crippen LogP contribution < -0.4 is 14.8 Å². The van der Waals surface area contributed by atoms with Gasteiger partial charge in [-0.1, -0.05) is 0 Å². The van der Waals surface area contributed by atoms with Crippen molar-refractivity contribution in [1.82, 2.24) is 4.98 Å². The average Bonchev–Trinajstić information content (AvgIpc) is 2.46. The average molecular weight is 257 g/mol. The molecule has 0 aliphatic heterocycles. The Morgan fingerprint density at radius 2 is 1.95 bits per heavy atom. The number of fused-ring (bicyclic) bond motifs is 1. The SMILES string of the molecule is CCNc1c(C#N)cnc2cc(OC)c(OC)cc12. The van der Waals surface area contributed by atoms with Gasteiger partial charge in [0.25, 0.3) is 0 Å². The van der Waals surface area contributed by atoms with E-state index in [0.717, 1.165) is 23.1 Å². The first kappa shape index (κ1) is 13.0. The first-order chi connectivity index (χ1) is 9.24. The molecular formula is C14H15N3O2. The van der Waals surface area contributed by atoms with Crippen molar-refractivity contribution in [2.75, 3.05) is 26.1 Å². The van der Waals surface area contributed by atoms with Crippen molar-refractivity contribution in [3.8, 4) is 17.6 Å². The lowest BCUT2D eigenvalue weighted by atomic mass is 10.1. The molecule has 1 aromatic heterocycles. The number of nitrogens with zero attached hydrogens (tertiary/aromatic N) is 2. The van der Waals surface area contributed by atoms with Gasteiger partial charge < -0.3 is 14.8 Å². The molecule has 0 aliphatic carbocycles. The highest BCUT2D eigenvalue weighted by molar-refractivity contribution is 5.96. The topological polar surface area (TPSA) is 67.2 Å². The Balaban J connectivity index is 2.76. The quantitative estimate of drug-likeness (QED) is 0.911. The molecule has 0 saturated heterocycles. The molecule has 0 amide bonds. The molecule has 1 heterocycles. The van der Waals surface area contributed by atoms with Crippen LogP contribution in [0.2, 0.25) is 0 Å². The van der Waals surface area contributed by atoms with E-state index in [1.165, 1.54) is 0 Å². The number of nitriles is 1. The van der Waals surface area contributed by atoms with E-state index in [1.807, 2.05) is 13.0 Å². The van der Waals surface area contributed by atoms with Crippen molar-refractivity contribution >= 4 is 16.6 Å². The summed E-state index contributed by atoms with van der Waals surface area (Å²) < 4.78 is 10.5. The summed E-state index contributed by atoms with van der Waals surface area (Å²) in [6, 6.07) is 5.78. The number of anilines is 1. The zero-order valence-electron chi connectivity index (χ0n) is 11.2. The number of aromatic nitrogens is 1. The van der Waals surface area contributed by atoms with Crippen molar-refractivity contribution in [3.63, 3.8) is 0 Å². The van der Waals surface area contributed by atoms with E-state index in [9.17, 15) is 0 Å². The van der Waals surface area contributed by atoms with Crippen LogP contribution in [0.15, 0.2) is 18.3 Å². The van der Waals surface area contributed by atoms with E-state index in [4.69, 9.17) is 14.7 Å². The van der Waals surface area contributed by atoms with Crippen molar-refractivity contribution in [1.29, 1.82) is 5.26 Å². The first-order valence-electron chi connectivity index (χ1n) is 5.93. The van der Waals surface area contributed by atoms with E-state index in [1.54, 1.807) is 26.5 Å². The second-order valence-electron chi connectivity index (χ2n) is 3.91. The fourth-order valence-corrected chi connectivity index (χ4v) is 1.97. The Morgan fingerprint density at radius 3 is 2.53 bits per heavy atom. The molecule has 1 N–H and O–H groups in total. The van der Waals surface area contributed by atoms with Crippen molar-refractivity contribution < 1.29 is 9.47 Å². The number of hydrogen-bond acceptors (Lipinski definition) is 5. The fraction of sp³-hybridized carbons (Fsp3) is 0.286. The van der Waals surface area contributed by atoms with Gasteiger partial charge in [-0.3, -0.25) is 4.98 Å². The first-order valence-corrected chi connectivity index (χ1v) is 5.93. The number of pyridine rings is 1. The third-order valence-corrected chi connectivity index (χ3v) is 2.85. The molecule has 0 fully saturated rings. The molecule has 0 atom stereocenters. The normalized spacial score (nSPS) is 10.0. The summed E-state index contributed by atoms with van der Waals surface area (Å²) in [6.07, 6.45) is 1.56. The zero-order valence-corrected chi connectivity index (χ0v) is 11.2.